The number of likely N-dealkylation sites (N-methyl/N-ethyl adjacent to an activating group) is 1. The topological polar surface area (TPSA) is 73.7 Å². The van der Waals surface area contributed by atoms with E-state index in [1.54, 1.807) is 6.20 Å². The summed E-state index contributed by atoms with van der Waals surface area (Å²) in [6.07, 6.45) is 1.71. The number of Topliss-reactive ketones (excluding diaryl/α,β-unsaturated/α-hetero) is 1. The van der Waals surface area contributed by atoms with Crippen molar-refractivity contribution in [1.82, 2.24) is 9.88 Å². The zero-order valence-corrected chi connectivity index (χ0v) is 11.2. The third-order valence-corrected chi connectivity index (χ3v) is 2.85. The van der Waals surface area contributed by atoms with Crippen LogP contribution in [0.3, 0.4) is 0 Å². The average Bonchev–Trinajstić information content (AvgIpc) is 2.39. The lowest BCUT2D eigenvalue weighted by atomic mass is 10.1. The number of pyridine rings is 1. The molecule has 20 heavy (non-hydrogen) atoms. The number of aromatic hydroxyl groups is 2. The lowest BCUT2D eigenvalue weighted by Crippen LogP contribution is -2.26. The zero-order chi connectivity index (χ0) is 14.5. The molecule has 0 aliphatic heterocycles. The fourth-order valence-corrected chi connectivity index (χ4v) is 1.91. The molecule has 1 heterocycles. The van der Waals surface area contributed by atoms with Crippen LogP contribution in [0.5, 0.6) is 11.5 Å². The Morgan fingerprint density at radius 1 is 1.25 bits per heavy atom. The van der Waals surface area contributed by atoms with Gasteiger partial charge in [-0.15, -0.1) is 0 Å². The van der Waals surface area contributed by atoms with Crippen LogP contribution in [-0.4, -0.2) is 39.5 Å². The Hall–Kier alpha value is -2.40. The van der Waals surface area contributed by atoms with Gasteiger partial charge in [0.1, 0.15) is 11.5 Å². The molecule has 0 aliphatic carbocycles. The summed E-state index contributed by atoms with van der Waals surface area (Å²) in [4.78, 5) is 18.1. The molecule has 2 aromatic rings. The van der Waals surface area contributed by atoms with Gasteiger partial charge in [-0.2, -0.15) is 0 Å². The molecule has 0 saturated carbocycles. The number of carbonyl (C=O) groups excluding carboxylic acids is 1. The smallest absolute Gasteiger partial charge is 0.180 e. The zero-order valence-electron chi connectivity index (χ0n) is 11.2. The third kappa shape index (κ3) is 3.55. The average molecular weight is 272 g/mol. The van der Waals surface area contributed by atoms with E-state index in [9.17, 15) is 15.0 Å². The summed E-state index contributed by atoms with van der Waals surface area (Å²) in [5.41, 5.74) is 1.08. The largest absolute Gasteiger partial charge is 0.508 e. The van der Waals surface area contributed by atoms with Crippen molar-refractivity contribution < 1.29 is 15.0 Å². The number of carbonyl (C=O) groups is 1. The highest BCUT2D eigenvalue weighted by Crippen LogP contribution is 2.23. The summed E-state index contributed by atoms with van der Waals surface area (Å²) in [6, 6.07) is 9.57. The monoisotopic (exact) mass is 272 g/mol. The molecule has 0 saturated heterocycles. The molecule has 5 nitrogen and oxygen atoms in total. The molecule has 0 radical (unpaired) electrons. The highest BCUT2D eigenvalue weighted by molar-refractivity contribution is 6.00. The molecule has 0 aliphatic rings. The number of phenolic OH excluding ortho intramolecular Hbond substituents is 2. The van der Waals surface area contributed by atoms with Crippen LogP contribution >= 0.6 is 0 Å². The van der Waals surface area contributed by atoms with Gasteiger partial charge in [-0.1, -0.05) is 6.07 Å². The minimum absolute atomic E-state index is 0.0686. The molecule has 0 amide bonds. The van der Waals surface area contributed by atoms with E-state index in [4.69, 9.17) is 0 Å². The van der Waals surface area contributed by atoms with Crippen LogP contribution in [-0.2, 0) is 6.54 Å². The second kappa shape index (κ2) is 6.16. The van der Waals surface area contributed by atoms with Crippen molar-refractivity contribution in [1.29, 1.82) is 0 Å². The maximum Gasteiger partial charge on any atom is 0.180 e. The third-order valence-electron chi connectivity index (χ3n) is 2.85. The summed E-state index contributed by atoms with van der Waals surface area (Å²) in [5, 5.41) is 18.9. The number of nitrogens with zero attached hydrogens (tertiary/aromatic N) is 2. The first kappa shape index (κ1) is 14.0. The first-order valence-corrected chi connectivity index (χ1v) is 6.20. The van der Waals surface area contributed by atoms with Gasteiger partial charge in [0.15, 0.2) is 5.78 Å². The minimum Gasteiger partial charge on any atom is -0.508 e. The number of hydrogen-bond acceptors (Lipinski definition) is 5. The van der Waals surface area contributed by atoms with Crippen LogP contribution in [0.1, 0.15) is 16.1 Å². The van der Waals surface area contributed by atoms with Crippen molar-refractivity contribution in [3.8, 4) is 11.5 Å². The summed E-state index contributed by atoms with van der Waals surface area (Å²) >= 11 is 0. The number of hydrogen-bond donors (Lipinski definition) is 2. The Balaban J connectivity index is 2.00. The van der Waals surface area contributed by atoms with Crippen LogP contribution < -0.4 is 0 Å². The molecule has 0 unspecified atom stereocenters. The van der Waals surface area contributed by atoms with E-state index in [2.05, 4.69) is 4.98 Å². The molecule has 2 rings (SSSR count). The standard InChI is InChI=1S/C15H16N2O3/c1-17(9-11-4-2-3-7-16-11)10-15(20)13-6-5-12(18)8-14(13)19/h2-8,18-19H,9-10H2,1H3. The maximum absolute atomic E-state index is 12.1. The molecule has 0 bridgehead atoms. The van der Waals surface area contributed by atoms with E-state index in [1.165, 1.54) is 12.1 Å². The number of benzene rings is 1. The number of aromatic nitrogens is 1. The van der Waals surface area contributed by atoms with E-state index in [-0.39, 0.29) is 29.4 Å². The lowest BCUT2D eigenvalue weighted by Gasteiger charge is -2.15. The van der Waals surface area contributed by atoms with Crippen molar-refractivity contribution in [2.24, 2.45) is 0 Å². The second-order valence-corrected chi connectivity index (χ2v) is 4.62. The molecule has 5 heteroatoms. The molecule has 1 aromatic carbocycles. The minimum atomic E-state index is -0.207. The summed E-state index contributed by atoms with van der Waals surface area (Å²) in [5.74, 6) is -0.483. The Bertz CT molecular complexity index is 599. The van der Waals surface area contributed by atoms with Gasteiger partial charge in [-0.3, -0.25) is 14.7 Å². The van der Waals surface area contributed by atoms with Gasteiger partial charge in [-0.25, -0.2) is 0 Å². The van der Waals surface area contributed by atoms with Crippen molar-refractivity contribution >= 4 is 5.78 Å². The molecule has 2 N–H and O–H groups in total. The van der Waals surface area contributed by atoms with Crippen LogP contribution in [0.25, 0.3) is 0 Å². The quantitative estimate of drug-likeness (QED) is 0.812. The highest BCUT2D eigenvalue weighted by Gasteiger charge is 2.14. The van der Waals surface area contributed by atoms with E-state index in [0.29, 0.717) is 6.54 Å². The van der Waals surface area contributed by atoms with Crippen molar-refractivity contribution in [2.45, 2.75) is 6.54 Å². The first-order valence-electron chi connectivity index (χ1n) is 6.20. The number of phenols is 2. The maximum atomic E-state index is 12.1. The lowest BCUT2D eigenvalue weighted by molar-refractivity contribution is 0.0940. The van der Waals surface area contributed by atoms with E-state index >= 15 is 0 Å². The number of rotatable bonds is 5. The Morgan fingerprint density at radius 2 is 2.05 bits per heavy atom. The van der Waals surface area contributed by atoms with Gasteiger partial charge in [0, 0.05) is 18.8 Å². The summed E-state index contributed by atoms with van der Waals surface area (Å²) in [6.45, 7) is 0.709. The molecule has 0 atom stereocenters. The molecule has 0 spiro atoms. The first-order chi connectivity index (χ1) is 9.56. The molecule has 0 fully saturated rings. The number of ketones is 1. The van der Waals surface area contributed by atoms with Crippen molar-refractivity contribution in [2.75, 3.05) is 13.6 Å². The van der Waals surface area contributed by atoms with Gasteiger partial charge in [0.25, 0.3) is 0 Å². The van der Waals surface area contributed by atoms with Crippen LogP contribution in [0.4, 0.5) is 0 Å². The Labute approximate surface area is 117 Å². The van der Waals surface area contributed by atoms with Gasteiger partial charge in [0.2, 0.25) is 0 Å². The molecular formula is C15H16N2O3. The van der Waals surface area contributed by atoms with E-state index < -0.39 is 0 Å². The fourth-order valence-electron chi connectivity index (χ4n) is 1.91. The van der Waals surface area contributed by atoms with E-state index in [1.807, 2.05) is 30.1 Å². The second-order valence-electron chi connectivity index (χ2n) is 4.62. The fraction of sp³-hybridized carbons (Fsp3) is 0.200. The Kier molecular flexibility index (Phi) is 4.32. The van der Waals surface area contributed by atoms with Crippen molar-refractivity contribution in [3.05, 3.63) is 53.9 Å². The molecular weight excluding hydrogens is 256 g/mol. The summed E-state index contributed by atoms with van der Waals surface area (Å²) < 4.78 is 0. The van der Waals surface area contributed by atoms with E-state index in [0.717, 1.165) is 11.8 Å². The molecule has 1 aromatic heterocycles. The van der Waals surface area contributed by atoms with Gasteiger partial charge in [-0.05, 0) is 31.3 Å². The van der Waals surface area contributed by atoms with Crippen LogP contribution in [0, 0.1) is 0 Å². The predicted octanol–water partition coefficient (Wildman–Crippen LogP) is 1.81. The predicted molar refractivity (Wildman–Crippen MR) is 74.7 cm³/mol. The Morgan fingerprint density at radius 3 is 2.70 bits per heavy atom. The van der Waals surface area contributed by atoms with Crippen molar-refractivity contribution in [3.63, 3.8) is 0 Å². The van der Waals surface area contributed by atoms with Gasteiger partial charge in [0.05, 0.1) is 17.8 Å². The summed E-state index contributed by atoms with van der Waals surface area (Å²) in [7, 11) is 1.81. The van der Waals surface area contributed by atoms with Crippen LogP contribution in [0.15, 0.2) is 42.6 Å². The normalized spacial score (nSPS) is 10.7. The highest BCUT2D eigenvalue weighted by atomic mass is 16.3. The van der Waals surface area contributed by atoms with Gasteiger partial charge < -0.3 is 10.2 Å². The van der Waals surface area contributed by atoms with Gasteiger partial charge >= 0.3 is 0 Å². The molecule has 104 valence electrons. The SMILES string of the molecule is CN(CC(=O)c1ccc(O)cc1O)Cc1ccccn1. The van der Waals surface area contributed by atoms with Crippen LogP contribution in [0.2, 0.25) is 0 Å².